The molecule has 0 radical (unpaired) electrons. The third kappa shape index (κ3) is 15.5. The van der Waals surface area contributed by atoms with Crippen molar-refractivity contribution in [2.24, 2.45) is 0 Å². The van der Waals surface area contributed by atoms with Crippen LogP contribution in [-0.2, 0) is 6.54 Å². The zero-order valence-electron chi connectivity index (χ0n) is 67.8. The average molecular weight is 1620 g/mol. The summed E-state index contributed by atoms with van der Waals surface area (Å²) >= 11 is 0. The van der Waals surface area contributed by atoms with E-state index < -0.39 is 28.9 Å². The van der Waals surface area contributed by atoms with Crippen molar-refractivity contribution in [2.45, 2.75) is 113 Å². The summed E-state index contributed by atoms with van der Waals surface area (Å²) in [7, 11) is 0. The van der Waals surface area contributed by atoms with Crippen molar-refractivity contribution in [2.75, 3.05) is 21.3 Å². The SMILES string of the molecule is CC(Nc1ncnc2nc[nH]c12)c1cc2ccccc2c(=O)n1-c1ccccc1.CCC(Nc1ncnc2nc[nH]c12)c1cc2cccc(C)c2c(=O)n1-c1c(F)cccc1F.CCC(Nc1ncnc2nc[nH]c12)c1cc2cccc(C)c2c(=O)n1C(C)C.Cc1cccc(C)c1-n1c(CNc2ncnc3nc[nH]c23)cc2cccc(C)c2c1=O. The minimum atomic E-state index is -0.820. The summed E-state index contributed by atoms with van der Waals surface area (Å²) in [5, 5.41) is 19.7. The number of hydrogen-bond acceptors (Lipinski definition) is 20. The number of nitrogens with zero attached hydrogens (tertiary/aromatic N) is 16. The number of imidazole rings is 4. The second-order valence-electron chi connectivity index (χ2n) is 29.6. The standard InChI is InChI=1S/C24H20F2N6O.C24H22N6O.C22H18N6O.C21H24N6O/c1-3-17(31-23-20-22(28-11-27-20)29-12-30-23)18-10-14-7-4-6-13(2)19(14)24(33)32(18)21-15(25)8-5-9-16(21)26;1-14-6-5-9-17-10-18(11-25-22-20-23(27-12-26-20)29-13-28-22)30(24(31)19(14)17)21-15(2)7-4-8-16(21)3;1-14(27-21-19-20(24-12-23-19)25-13-26-21)18-11-15-7-5-6-10-17(15)22(29)28(18)16-8-3-2-4-9-16;1-5-15(26-20-18-19(23-10-22-18)24-11-25-20)16-9-14-8-6-7-13(4)17(14)21(28)27(16)12(2)3/h4-12,17H,3H2,1-2H3,(H2,27,28,29,30,31);4-10,12-13H,11H2,1-3H3,(H2,25,26,27,28,29);2-14H,1H3,(H2,23,24,25,26,27);6-12,15H,5H2,1-4H3,(H2,22,23,24,25,26). The first-order valence-corrected chi connectivity index (χ1v) is 39.5. The number of benzene rings is 7. The van der Waals surface area contributed by atoms with Gasteiger partial charge in [-0.25, -0.2) is 68.6 Å². The van der Waals surface area contributed by atoms with Gasteiger partial charge in [-0.05, 0) is 172 Å². The van der Waals surface area contributed by atoms with Crippen LogP contribution in [0.25, 0.3) is 105 Å². The lowest BCUT2D eigenvalue weighted by atomic mass is 10.0. The largest absolute Gasteiger partial charge is 0.363 e. The number of aryl methyl sites for hydroxylation is 5. The number of anilines is 4. The number of pyridine rings is 4. The van der Waals surface area contributed by atoms with Crippen molar-refractivity contribution in [3.8, 4) is 17.1 Å². The maximum atomic E-state index is 14.9. The third-order valence-electron chi connectivity index (χ3n) is 21.5. The molecule has 0 aliphatic rings. The molecule has 19 rings (SSSR count). The summed E-state index contributed by atoms with van der Waals surface area (Å²) in [6, 6.07) is 51.6. The van der Waals surface area contributed by atoms with Gasteiger partial charge in [0.05, 0.1) is 71.8 Å². The van der Waals surface area contributed by atoms with Crippen LogP contribution >= 0.6 is 0 Å². The molecular weight excluding hydrogens is 1530 g/mol. The Morgan fingerprint density at radius 3 is 1.29 bits per heavy atom. The Bertz CT molecular complexity index is 7330. The third-order valence-corrected chi connectivity index (χ3v) is 21.5. The fourth-order valence-electron chi connectivity index (χ4n) is 15.8. The molecule has 0 bridgehead atoms. The van der Waals surface area contributed by atoms with Crippen molar-refractivity contribution in [3.63, 3.8) is 0 Å². The molecule has 3 unspecified atom stereocenters. The van der Waals surface area contributed by atoms with Gasteiger partial charge in [-0.2, -0.15) is 0 Å². The highest BCUT2D eigenvalue weighted by atomic mass is 19.1. The fourth-order valence-corrected chi connectivity index (χ4v) is 15.8. The van der Waals surface area contributed by atoms with E-state index in [4.69, 9.17) is 0 Å². The van der Waals surface area contributed by atoms with Crippen molar-refractivity contribution in [1.29, 1.82) is 0 Å². The summed E-state index contributed by atoms with van der Waals surface area (Å²) in [5.41, 5.74) is 13.8. The zero-order valence-corrected chi connectivity index (χ0v) is 67.8. The molecule has 19 aromatic rings. The van der Waals surface area contributed by atoms with Crippen molar-refractivity contribution >= 4 is 111 Å². The van der Waals surface area contributed by atoms with Crippen molar-refractivity contribution in [3.05, 3.63) is 324 Å². The maximum absolute atomic E-state index is 14.9. The number of aromatic amines is 4. The molecule has 3 atom stereocenters. The molecule has 0 aliphatic carbocycles. The van der Waals surface area contributed by atoms with Gasteiger partial charge in [0.2, 0.25) is 0 Å². The number of fused-ring (bicyclic) bond motifs is 8. The highest BCUT2D eigenvalue weighted by molar-refractivity contribution is 5.90. The smallest absolute Gasteiger partial charge is 0.263 e. The minimum Gasteiger partial charge on any atom is -0.363 e. The summed E-state index contributed by atoms with van der Waals surface area (Å²) in [4.78, 5) is 117. The van der Waals surface area contributed by atoms with Crippen molar-refractivity contribution in [1.82, 2.24) is 98.0 Å². The van der Waals surface area contributed by atoms with E-state index in [1.165, 1.54) is 37.7 Å². The van der Waals surface area contributed by atoms with Gasteiger partial charge in [0.1, 0.15) is 64.7 Å². The number of H-pyrrole nitrogens is 4. The monoisotopic (exact) mass is 1610 g/mol. The van der Waals surface area contributed by atoms with Crippen LogP contribution in [0, 0.1) is 46.3 Å². The van der Waals surface area contributed by atoms with Gasteiger partial charge in [0.15, 0.2) is 45.9 Å². The summed E-state index contributed by atoms with van der Waals surface area (Å²) in [5.74, 6) is 0.800. The van der Waals surface area contributed by atoms with Gasteiger partial charge in [-0.3, -0.25) is 32.9 Å². The average Bonchev–Trinajstić information content (AvgIpc) is 0.823. The minimum absolute atomic E-state index is 0.0147. The predicted molar refractivity (Wildman–Crippen MR) is 470 cm³/mol. The van der Waals surface area contributed by atoms with Gasteiger partial charge >= 0.3 is 0 Å². The first-order valence-electron chi connectivity index (χ1n) is 39.5. The van der Waals surface area contributed by atoms with Crippen LogP contribution < -0.4 is 43.5 Å². The van der Waals surface area contributed by atoms with Crippen LogP contribution in [0.4, 0.5) is 32.1 Å². The molecule has 0 saturated carbocycles. The Labute approximate surface area is 689 Å². The second kappa shape index (κ2) is 34.1. The molecule has 0 saturated heterocycles. The van der Waals surface area contributed by atoms with Gasteiger partial charge in [0, 0.05) is 39.9 Å². The molecule has 7 aromatic carbocycles. The van der Waals surface area contributed by atoms with Crippen LogP contribution in [0.1, 0.15) is 122 Å². The maximum Gasteiger partial charge on any atom is 0.263 e. The highest BCUT2D eigenvalue weighted by Crippen LogP contribution is 2.34. The Kier molecular flexibility index (Phi) is 22.4. The molecule has 12 aromatic heterocycles. The van der Waals surface area contributed by atoms with Crippen LogP contribution in [0.2, 0.25) is 0 Å². The first-order chi connectivity index (χ1) is 58.8. The molecule has 0 spiro atoms. The molecule has 12 heterocycles. The van der Waals surface area contributed by atoms with Gasteiger partial charge in [-0.1, -0.05) is 129 Å². The number of halogens is 2. The Hall–Kier alpha value is -15.4. The molecule has 8 N–H and O–H groups in total. The highest BCUT2D eigenvalue weighted by Gasteiger charge is 2.27. The van der Waals surface area contributed by atoms with Gasteiger partial charge in [0.25, 0.3) is 22.2 Å². The fraction of sp³-hybridized carbons (Fsp3) is 0.187. The van der Waals surface area contributed by atoms with Crippen LogP contribution in [-0.4, -0.2) is 98.0 Å². The van der Waals surface area contributed by atoms with E-state index in [9.17, 15) is 28.0 Å². The van der Waals surface area contributed by atoms with Crippen LogP contribution in [0.3, 0.4) is 0 Å². The quantitative estimate of drug-likeness (QED) is 0.0395. The zero-order chi connectivity index (χ0) is 84.3. The molecule has 0 amide bonds. The van der Waals surface area contributed by atoms with E-state index in [1.54, 1.807) is 42.6 Å². The molecule has 606 valence electrons. The Balaban J connectivity index is 0.000000120. The lowest BCUT2D eigenvalue weighted by molar-refractivity contribution is 0.528. The normalized spacial score (nSPS) is 12.2. The first kappa shape index (κ1) is 79.5. The lowest BCUT2D eigenvalue weighted by Gasteiger charge is -2.25. The number of rotatable bonds is 18. The topological polar surface area (TPSA) is 354 Å². The molecule has 30 heteroatoms. The van der Waals surface area contributed by atoms with E-state index >= 15 is 0 Å². The summed E-state index contributed by atoms with van der Waals surface area (Å²) in [6.07, 6.45) is 13.4. The molecule has 121 heavy (non-hydrogen) atoms. The molecule has 28 nitrogen and oxygen atoms in total. The number of para-hydroxylation sites is 3. The predicted octanol–water partition coefficient (Wildman–Crippen LogP) is 17.0. The molecular formula is C91H84F2N24O4. The summed E-state index contributed by atoms with van der Waals surface area (Å²) < 4.78 is 36.4. The number of aromatic nitrogens is 20. The van der Waals surface area contributed by atoms with E-state index in [2.05, 4.69) is 120 Å². The molecule has 0 fully saturated rings. The van der Waals surface area contributed by atoms with Gasteiger partial charge < -0.3 is 45.8 Å². The van der Waals surface area contributed by atoms with Crippen LogP contribution in [0.5, 0.6) is 0 Å². The number of nitrogens with one attached hydrogen (secondary N) is 8. The van der Waals surface area contributed by atoms with Crippen molar-refractivity contribution < 1.29 is 8.78 Å². The summed E-state index contributed by atoms with van der Waals surface area (Å²) in [6.45, 7) is 20.3. The van der Waals surface area contributed by atoms with E-state index in [0.29, 0.717) is 86.2 Å². The van der Waals surface area contributed by atoms with Gasteiger partial charge in [-0.15, -0.1) is 0 Å². The molecule has 0 aliphatic heterocycles. The van der Waals surface area contributed by atoms with E-state index in [1.807, 2.05) is 192 Å². The lowest BCUT2D eigenvalue weighted by Crippen LogP contribution is -2.29. The van der Waals surface area contributed by atoms with Crippen LogP contribution in [0.15, 0.2) is 240 Å². The van der Waals surface area contributed by atoms with E-state index in [0.717, 1.165) is 123 Å². The second-order valence-corrected chi connectivity index (χ2v) is 29.6. The Morgan fingerprint density at radius 2 is 0.777 bits per heavy atom. The van der Waals surface area contributed by atoms with E-state index in [-0.39, 0.29) is 34.8 Å². The Morgan fingerprint density at radius 1 is 0.372 bits per heavy atom. The number of hydrogen-bond donors (Lipinski definition) is 8.